The third kappa shape index (κ3) is 4.12. The van der Waals surface area contributed by atoms with Crippen LogP contribution in [0.3, 0.4) is 0 Å². The van der Waals surface area contributed by atoms with Crippen molar-refractivity contribution in [2.45, 2.75) is 18.9 Å². The topological polar surface area (TPSA) is 64.1 Å². The molecule has 2 aromatic carbocycles. The number of rotatable bonds is 5. The number of nitrogens with one attached hydrogen (secondary N) is 1. The Hall–Kier alpha value is -2.99. The molecule has 1 N–H and O–H groups in total. The maximum Gasteiger partial charge on any atom is 0.224 e. The van der Waals surface area contributed by atoms with Gasteiger partial charge in [0.2, 0.25) is 5.91 Å². The highest BCUT2D eigenvalue weighted by molar-refractivity contribution is 6.31. The number of nitrogens with zero attached hydrogens (tertiary/aromatic N) is 2. The van der Waals surface area contributed by atoms with Gasteiger partial charge in [-0.05, 0) is 35.9 Å². The number of benzene rings is 2. The Morgan fingerprint density at radius 1 is 1.21 bits per heavy atom. The van der Waals surface area contributed by atoms with Crippen molar-refractivity contribution in [3.8, 4) is 17.1 Å². The normalized spacial score (nSPS) is 15.0. The Kier molecular flexibility index (Phi) is 5.21. The van der Waals surface area contributed by atoms with Crippen LogP contribution in [0, 0.1) is 5.82 Å². The summed E-state index contributed by atoms with van der Waals surface area (Å²) in [7, 11) is 0. The molecule has 5 nitrogen and oxygen atoms in total. The number of fused-ring (bicyclic) bond motifs is 1. The van der Waals surface area contributed by atoms with Crippen molar-refractivity contribution >= 4 is 17.5 Å². The molecule has 1 aromatic heterocycles. The maximum absolute atomic E-state index is 13.0. The summed E-state index contributed by atoms with van der Waals surface area (Å²) in [5.74, 6) is 0.782. The fraction of sp³-hybridized carbons (Fsp3) is 0.190. The van der Waals surface area contributed by atoms with E-state index >= 15 is 0 Å². The van der Waals surface area contributed by atoms with Gasteiger partial charge in [-0.2, -0.15) is 0 Å². The zero-order valence-corrected chi connectivity index (χ0v) is 15.6. The lowest BCUT2D eigenvalue weighted by Crippen LogP contribution is -2.35. The average Bonchev–Trinajstić information content (AvgIpc) is 3.11. The van der Waals surface area contributed by atoms with Gasteiger partial charge >= 0.3 is 0 Å². The first-order valence-electron chi connectivity index (χ1n) is 8.86. The molecule has 0 bridgehead atoms. The fourth-order valence-corrected chi connectivity index (χ4v) is 3.43. The zero-order valence-electron chi connectivity index (χ0n) is 14.9. The van der Waals surface area contributed by atoms with Crippen LogP contribution in [0.2, 0.25) is 5.02 Å². The van der Waals surface area contributed by atoms with E-state index in [1.165, 1.54) is 12.1 Å². The smallest absolute Gasteiger partial charge is 0.224 e. The van der Waals surface area contributed by atoms with Crippen molar-refractivity contribution in [2.24, 2.45) is 0 Å². The molecule has 0 unspecified atom stereocenters. The van der Waals surface area contributed by atoms with E-state index in [4.69, 9.17) is 16.3 Å². The molecule has 0 saturated carbocycles. The zero-order chi connectivity index (χ0) is 19.5. The number of aromatic nitrogens is 2. The second kappa shape index (κ2) is 7.94. The molecule has 28 heavy (non-hydrogen) atoms. The molecule has 0 spiro atoms. The number of hydrogen-bond donors (Lipinski definition) is 1. The Balaban J connectivity index is 1.41. The van der Waals surface area contributed by atoms with Crippen LogP contribution in [0.1, 0.15) is 11.1 Å². The minimum atomic E-state index is -0.321. The van der Waals surface area contributed by atoms with Crippen LogP contribution < -0.4 is 10.1 Å². The van der Waals surface area contributed by atoms with E-state index < -0.39 is 0 Å². The van der Waals surface area contributed by atoms with Crippen molar-refractivity contribution in [1.29, 1.82) is 0 Å². The molecule has 0 fully saturated rings. The van der Waals surface area contributed by atoms with Gasteiger partial charge in [-0.25, -0.2) is 14.4 Å². The minimum Gasteiger partial charge on any atom is -0.487 e. The largest absolute Gasteiger partial charge is 0.487 e. The lowest BCUT2D eigenvalue weighted by molar-refractivity contribution is -0.120. The Labute approximate surface area is 166 Å². The molecule has 4 rings (SSSR count). The van der Waals surface area contributed by atoms with Gasteiger partial charge in [0.15, 0.2) is 5.82 Å². The van der Waals surface area contributed by atoms with Crippen LogP contribution in [0.25, 0.3) is 11.4 Å². The van der Waals surface area contributed by atoms with Gasteiger partial charge in [0.25, 0.3) is 0 Å². The first-order chi connectivity index (χ1) is 13.6. The predicted molar refractivity (Wildman–Crippen MR) is 104 cm³/mol. The highest BCUT2D eigenvalue weighted by atomic mass is 35.5. The molecule has 2 heterocycles. The SMILES string of the molecule is O=C(Cc1ccc(F)cc1)NC[C@@H]1Cc2cc(Cl)cc(-c3ncccn3)c2O1. The first kappa shape index (κ1) is 18.4. The van der Waals surface area contributed by atoms with Crippen molar-refractivity contribution < 1.29 is 13.9 Å². The van der Waals surface area contributed by atoms with E-state index in [1.807, 2.05) is 6.07 Å². The number of hydrogen-bond acceptors (Lipinski definition) is 4. The van der Waals surface area contributed by atoms with Crippen LogP contribution >= 0.6 is 11.6 Å². The van der Waals surface area contributed by atoms with E-state index in [2.05, 4.69) is 15.3 Å². The van der Waals surface area contributed by atoms with Gasteiger partial charge in [-0.15, -0.1) is 0 Å². The number of halogens is 2. The molecule has 1 amide bonds. The standard InChI is InChI=1S/C21H17ClFN3O2/c22-15-9-14-10-17(12-26-19(27)8-13-2-4-16(23)5-3-13)28-20(14)18(11-15)21-24-6-1-7-25-21/h1-7,9,11,17H,8,10,12H2,(H,26,27)/t17-/m0/s1. The summed E-state index contributed by atoms with van der Waals surface area (Å²) in [5.41, 5.74) is 2.46. The monoisotopic (exact) mass is 397 g/mol. The molecule has 0 saturated heterocycles. The van der Waals surface area contributed by atoms with Crippen LogP contribution in [-0.2, 0) is 17.6 Å². The summed E-state index contributed by atoms with van der Waals surface area (Å²) in [6, 6.07) is 11.3. The van der Waals surface area contributed by atoms with Crippen molar-refractivity contribution in [1.82, 2.24) is 15.3 Å². The summed E-state index contributed by atoms with van der Waals surface area (Å²) in [4.78, 5) is 20.7. The van der Waals surface area contributed by atoms with E-state index in [-0.39, 0.29) is 24.2 Å². The third-order valence-electron chi connectivity index (χ3n) is 4.47. The van der Waals surface area contributed by atoms with E-state index in [1.54, 1.807) is 36.7 Å². The average molecular weight is 398 g/mol. The van der Waals surface area contributed by atoms with Crippen LogP contribution in [0.5, 0.6) is 5.75 Å². The van der Waals surface area contributed by atoms with Gasteiger partial charge in [0.1, 0.15) is 17.7 Å². The van der Waals surface area contributed by atoms with Gasteiger partial charge in [-0.1, -0.05) is 23.7 Å². The lowest BCUT2D eigenvalue weighted by Gasteiger charge is -2.13. The second-order valence-electron chi connectivity index (χ2n) is 6.57. The molecule has 1 aliphatic rings. The number of carbonyl (C=O) groups excluding carboxylic acids is 1. The van der Waals surface area contributed by atoms with Crippen LogP contribution in [0.4, 0.5) is 4.39 Å². The van der Waals surface area contributed by atoms with Crippen molar-refractivity contribution in [3.05, 3.63) is 76.8 Å². The fourth-order valence-electron chi connectivity index (χ4n) is 3.19. The molecule has 7 heteroatoms. The molecule has 3 aromatic rings. The summed E-state index contributed by atoms with van der Waals surface area (Å²) in [6.07, 6.45) is 3.95. The van der Waals surface area contributed by atoms with Gasteiger partial charge < -0.3 is 10.1 Å². The maximum atomic E-state index is 13.0. The van der Waals surface area contributed by atoms with E-state index in [0.29, 0.717) is 29.6 Å². The van der Waals surface area contributed by atoms with Gasteiger partial charge in [-0.3, -0.25) is 4.79 Å². The summed E-state index contributed by atoms with van der Waals surface area (Å²) in [6.45, 7) is 0.363. The van der Waals surface area contributed by atoms with E-state index in [9.17, 15) is 9.18 Å². The third-order valence-corrected chi connectivity index (χ3v) is 4.69. The molecule has 1 aliphatic heterocycles. The van der Waals surface area contributed by atoms with Crippen molar-refractivity contribution in [3.63, 3.8) is 0 Å². The highest BCUT2D eigenvalue weighted by Gasteiger charge is 2.27. The highest BCUT2D eigenvalue weighted by Crippen LogP contribution is 2.39. The Bertz CT molecular complexity index is 997. The summed E-state index contributed by atoms with van der Waals surface area (Å²) in [5, 5.41) is 3.46. The molecule has 0 radical (unpaired) electrons. The van der Waals surface area contributed by atoms with Crippen LogP contribution in [0.15, 0.2) is 54.9 Å². The molecular formula is C21H17ClFN3O2. The summed E-state index contributed by atoms with van der Waals surface area (Å²) >= 11 is 6.25. The quantitative estimate of drug-likeness (QED) is 0.714. The van der Waals surface area contributed by atoms with Gasteiger partial charge in [0, 0.05) is 29.4 Å². The lowest BCUT2D eigenvalue weighted by atomic mass is 10.1. The summed E-state index contributed by atoms with van der Waals surface area (Å²) < 4.78 is 19.0. The number of ether oxygens (including phenoxy) is 1. The van der Waals surface area contributed by atoms with Crippen LogP contribution in [-0.4, -0.2) is 28.5 Å². The second-order valence-corrected chi connectivity index (χ2v) is 7.00. The molecule has 1 atom stereocenters. The molecular weight excluding hydrogens is 381 g/mol. The number of carbonyl (C=O) groups is 1. The predicted octanol–water partition coefficient (Wildman–Crippen LogP) is 3.60. The number of amides is 1. The first-order valence-corrected chi connectivity index (χ1v) is 9.24. The Morgan fingerprint density at radius 3 is 2.71 bits per heavy atom. The minimum absolute atomic E-state index is 0.143. The molecule has 142 valence electrons. The van der Waals surface area contributed by atoms with E-state index in [0.717, 1.165) is 16.7 Å². The molecule has 0 aliphatic carbocycles. The van der Waals surface area contributed by atoms with Gasteiger partial charge in [0.05, 0.1) is 18.5 Å². The van der Waals surface area contributed by atoms with Crippen molar-refractivity contribution in [2.75, 3.05) is 6.54 Å². The Morgan fingerprint density at radius 2 is 1.96 bits per heavy atom.